The van der Waals surface area contributed by atoms with Crippen LogP contribution in [0, 0.1) is 6.92 Å². The van der Waals surface area contributed by atoms with E-state index >= 15 is 0 Å². The van der Waals surface area contributed by atoms with E-state index in [1.807, 2.05) is 0 Å². The second-order valence-corrected chi connectivity index (χ2v) is 4.60. The first-order valence-corrected chi connectivity index (χ1v) is 6.26. The number of unbranched alkanes of at least 4 members (excludes halogenated alkanes) is 1. The molecule has 0 bridgehead atoms. The van der Waals surface area contributed by atoms with Gasteiger partial charge in [0.1, 0.15) is 5.75 Å². The third-order valence-corrected chi connectivity index (χ3v) is 3.17. The number of rotatable bonds is 4. The minimum atomic E-state index is 0.799. The number of ether oxygens (including phenoxy) is 1. The Morgan fingerprint density at radius 3 is 3.00 bits per heavy atom. The largest absolute Gasteiger partial charge is 0.493 e. The molecule has 0 saturated carbocycles. The quantitative estimate of drug-likeness (QED) is 0.790. The van der Waals surface area contributed by atoms with Gasteiger partial charge in [-0.2, -0.15) is 0 Å². The Kier molecular flexibility index (Phi) is 3.83. The summed E-state index contributed by atoms with van der Waals surface area (Å²) < 4.78 is 5.71. The first-order valence-electron chi connectivity index (χ1n) is 6.26. The van der Waals surface area contributed by atoms with Crippen molar-refractivity contribution in [2.24, 2.45) is 5.73 Å². The van der Waals surface area contributed by atoms with Crippen molar-refractivity contribution in [1.82, 2.24) is 0 Å². The smallest absolute Gasteiger partial charge is 0.125 e. The zero-order valence-electron chi connectivity index (χ0n) is 10.1. The van der Waals surface area contributed by atoms with Crippen molar-refractivity contribution >= 4 is 0 Å². The number of fused-ring (bicyclic) bond motifs is 1. The molecule has 0 unspecified atom stereocenters. The van der Waals surface area contributed by atoms with Gasteiger partial charge in [-0.15, -0.1) is 0 Å². The van der Waals surface area contributed by atoms with Gasteiger partial charge < -0.3 is 10.5 Å². The van der Waals surface area contributed by atoms with Crippen molar-refractivity contribution in [2.75, 3.05) is 13.2 Å². The summed E-state index contributed by atoms with van der Waals surface area (Å²) in [5.74, 6) is 1.13. The highest BCUT2D eigenvalue weighted by Gasteiger charge is 2.13. The number of aryl methyl sites for hydroxylation is 3. The van der Waals surface area contributed by atoms with Crippen LogP contribution in [0.2, 0.25) is 0 Å². The lowest BCUT2D eigenvalue weighted by molar-refractivity contribution is 0.286. The van der Waals surface area contributed by atoms with E-state index in [0.717, 1.165) is 38.2 Å². The van der Waals surface area contributed by atoms with Gasteiger partial charge in [-0.3, -0.25) is 0 Å². The molecule has 0 spiro atoms. The van der Waals surface area contributed by atoms with Crippen LogP contribution in [0.25, 0.3) is 0 Å². The van der Waals surface area contributed by atoms with E-state index in [-0.39, 0.29) is 0 Å². The molecule has 2 N–H and O–H groups in total. The maximum absolute atomic E-state index is 5.71. The fourth-order valence-corrected chi connectivity index (χ4v) is 2.37. The molecular formula is C14H21NO. The van der Waals surface area contributed by atoms with Crippen molar-refractivity contribution in [3.05, 3.63) is 28.8 Å². The molecule has 2 heteroatoms. The Bertz CT molecular complexity index is 360. The first kappa shape index (κ1) is 11.5. The van der Waals surface area contributed by atoms with Gasteiger partial charge in [0.25, 0.3) is 0 Å². The highest BCUT2D eigenvalue weighted by molar-refractivity contribution is 5.45. The summed E-state index contributed by atoms with van der Waals surface area (Å²) in [6, 6.07) is 4.58. The zero-order valence-corrected chi connectivity index (χ0v) is 10.1. The van der Waals surface area contributed by atoms with Gasteiger partial charge in [-0.1, -0.05) is 12.1 Å². The summed E-state index contributed by atoms with van der Waals surface area (Å²) in [6.07, 6.45) is 5.77. The van der Waals surface area contributed by atoms with Gasteiger partial charge in [0.2, 0.25) is 0 Å². The Morgan fingerprint density at radius 2 is 2.19 bits per heavy atom. The SMILES string of the molecule is Cc1cc(CCCCN)cc2c1OCCC2. The summed E-state index contributed by atoms with van der Waals surface area (Å²) >= 11 is 0. The van der Waals surface area contributed by atoms with Crippen molar-refractivity contribution in [2.45, 2.75) is 39.0 Å². The Hall–Kier alpha value is -1.02. The van der Waals surface area contributed by atoms with E-state index in [0.29, 0.717) is 0 Å². The summed E-state index contributed by atoms with van der Waals surface area (Å²) in [6.45, 7) is 3.82. The molecule has 0 aromatic heterocycles. The van der Waals surface area contributed by atoms with Crippen LogP contribution in [-0.2, 0) is 12.8 Å². The standard InChI is InChI=1S/C14H21NO/c1-11-9-12(5-2-3-7-15)10-13-6-4-8-16-14(11)13/h9-10H,2-8,15H2,1H3. The van der Waals surface area contributed by atoms with E-state index in [1.165, 1.54) is 29.5 Å². The van der Waals surface area contributed by atoms with E-state index in [4.69, 9.17) is 10.5 Å². The monoisotopic (exact) mass is 219 g/mol. The lowest BCUT2D eigenvalue weighted by Crippen LogP contribution is -2.10. The average molecular weight is 219 g/mol. The average Bonchev–Trinajstić information content (AvgIpc) is 2.30. The van der Waals surface area contributed by atoms with Gasteiger partial charge >= 0.3 is 0 Å². The van der Waals surface area contributed by atoms with Gasteiger partial charge in [0.15, 0.2) is 0 Å². The van der Waals surface area contributed by atoms with Gasteiger partial charge in [0, 0.05) is 0 Å². The minimum absolute atomic E-state index is 0.799. The topological polar surface area (TPSA) is 35.2 Å². The van der Waals surface area contributed by atoms with Crippen molar-refractivity contribution < 1.29 is 4.74 Å². The lowest BCUT2D eigenvalue weighted by atomic mass is 9.97. The Morgan fingerprint density at radius 1 is 1.31 bits per heavy atom. The molecule has 2 rings (SSSR count). The fourth-order valence-electron chi connectivity index (χ4n) is 2.37. The number of nitrogens with two attached hydrogens (primary N) is 1. The Labute approximate surface area is 97.8 Å². The van der Waals surface area contributed by atoms with E-state index in [2.05, 4.69) is 19.1 Å². The number of hydrogen-bond donors (Lipinski definition) is 1. The van der Waals surface area contributed by atoms with Crippen LogP contribution in [0.15, 0.2) is 12.1 Å². The number of hydrogen-bond acceptors (Lipinski definition) is 2. The molecule has 1 heterocycles. The molecule has 0 aliphatic carbocycles. The van der Waals surface area contributed by atoms with Crippen molar-refractivity contribution in [3.63, 3.8) is 0 Å². The molecule has 1 aliphatic rings. The van der Waals surface area contributed by atoms with E-state index in [9.17, 15) is 0 Å². The summed E-state index contributed by atoms with van der Waals surface area (Å²) in [7, 11) is 0. The first-order chi connectivity index (χ1) is 7.81. The van der Waals surface area contributed by atoms with E-state index < -0.39 is 0 Å². The van der Waals surface area contributed by atoms with Gasteiger partial charge in [0.05, 0.1) is 6.61 Å². The molecule has 0 amide bonds. The summed E-state index contributed by atoms with van der Waals surface area (Å²) in [4.78, 5) is 0. The summed E-state index contributed by atoms with van der Waals surface area (Å²) in [5.41, 5.74) is 9.64. The number of benzene rings is 1. The second kappa shape index (κ2) is 5.35. The molecule has 1 aromatic carbocycles. The van der Waals surface area contributed by atoms with E-state index in [1.54, 1.807) is 0 Å². The van der Waals surface area contributed by atoms with Crippen LogP contribution in [-0.4, -0.2) is 13.2 Å². The highest BCUT2D eigenvalue weighted by Crippen LogP contribution is 2.30. The molecule has 0 radical (unpaired) electrons. The molecule has 88 valence electrons. The van der Waals surface area contributed by atoms with Crippen LogP contribution in [0.5, 0.6) is 5.75 Å². The summed E-state index contributed by atoms with van der Waals surface area (Å²) in [5, 5.41) is 0. The molecule has 0 saturated heterocycles. The third-order valence-electron chi connectivity index (χ3n) is 3.17. The van der Waals surface area contributed by atoms with Crippen LogP contribution < -0.4 is 10.5 Å². The van der Waals surface area contributed by atoms with Crippen LogP contribution >= 0.6 is 0 Å². The molecular weight excluding hydrogens is 198 g/mol. The van der Waals surface area contributed by atoms with Crippen molar-refractivity contribution in [3.8, 4) is 5.75 Å². The fraction of sp³-hybridized carbons (Fsp3) is 0.571. The predicted molar refractivity (Wildman–Crippen MR) is 67.0 cm³/mol. The van der Waals surface area contributed by atoms with Crippen LogP contribution in [0.4, 0.5) is 0 Å². The molecule has 1 aliphatic heterocycles. The zero-order chi connectivity index (χ0) is 11.4. The van der Waals surface area contributed by atoms with Crippen LogP contribution in [0.3, 0.4) is 0 Å². The second-order valence-electron chi connectivity index (χ2n) is 4.60. The minimum Gasteiger partial charge on any atom is -0.493 e. The molecule has 2 nitrogen and oxygen atoms in total. The highest BCUT2D eigenvalue weighted by atomic mass is 16.5. The Balaban J connectivity index is 2.12. The molecule has 1 aromatic rings. The predicted octanol–water partition coefficient (Wildman–Crippen LogP) is 2.60. The maximum Gasteiger partial charge on any atom is 0.125 e. The molecule has 16 heavy (non-hydrogen) atoms. The normalized spacial score (nSPS) is 14.4. The van der Waals surface area contributed by atoms with Crippen LogP contribution in [0.1, 0.15) is 36.0 Å². The molecule has 0 atom stereocenters. The van der Waals surface area contributed by atoms with Gasteiger partial charge in [-0.05, 0) is 62.3 Å². The third kappa shape index (κ3) is 2.56. The van der Waals surface area contributed by atoms with Gasteiger partial charge in [-0.25, -0.2) is 0 Å². The molecule has 0 fully saturated rings. The maximum atomic E-state index is 5.71. The lowest BCUT2D eigenvalue weighted by Gasteiger charge is -2.20. The van der Waals surface area contributed by atoms with Crippen molar-refractivity contribution in [1.29, 1.82) is 0 Å².